The molecule has 166 valence electrons. The number of ether oxygens (including phenoxy) is 1. The lowest BCUT2D eigenvalue weighted by atomic mass is 10.2. The molecule has 4 aromatic heterocycles. The maximum absolute atomic E-state index is 11.7. The predicted octanol–water partition coefficient (Wildman–Crippen LogP) is 4.02. The van der Waals surface area contributed by atoms with Crippen LogP contribution in [0.25, 0.3) is 16.7 Å². The Morgan fingerprint density at radius 1 is 1.16 bits per heavy atom. The number of rotatable bonds is 7. The zero-order valence-corrected chi connectivity index (χ0v) is 18.9. The Labute approximate surface area is 192 Å². The van der Waals surface area contributed by atoms with Gasteiger partial charge in [-0.05, 0) is 44.5 Å². The number of aromatic nitrogens is 7. The number of hydrogen-bond acceptors (Lipinski definition) is 8. The van der Waals surface area contributed by atoms with Crippen molar-refractivity contribution in [2.45, 2.75) is 33.7 Å². The maximum atomic E-state index is 11.7. The van der Waals surface area contributed by atoms with Crippen LogP contribution in [0.3, 0.4) is 0 Å². The van der Waals surface area contributed by atoms with E-state index < -0.39 is 4.92 Å². The first-order valence-corrected chi connectivity index (χ1v) is 10.4. The number of hydrogen-bond donors (Lipinski definition) is 0. The van der Waals surface area contributed by atoms with Gasteiger partial charge in [0.05, 0.1) is 28.3 Å². The van der Waals surface area contributed by atoms with Gasteiger partial charge >= 0.3 is 11.6 Å². The van der Waals surface area contributed by atoms with Gasteiger partial charge in [-0.2, -0.15) is 10.1 Å². The average Bonchev–Trinajstić information content (AvgIpc) is 3.21. The smallest absolute Gasteiger partial charge is 0.353 e. The van der Waals surface area contributed by atoms with Crippen molar-refractivity contribution in [2.75, 3.05) is 6.61 Å². The molecule has 0 aliphatic heterocycles. The van der Waals surface area contributed by atoms with E-state index in [0.29, 0.717) is 41.1 Å². The van der Waals surface area contributed by atoms with E-state index in [9.17, 15) is 10.1 Å². The molecule has 0 aromatic carbocycles. The van der Waals surface area contributed by atoms with Gasteiger partial charge < -0.3 is 4.74 Å². The molecule has 11 nitrogen and oxygen atoms in total. The van der Waals surface area contributed by atoms with Crippen LogP contribution in [-0.4, -0.2) is 46.0 Å². The highest BCUT2D eigenvalue weighted by molar-refractivity contribution is 6.34. The number of aryl methyl sites for hydroxylation is 3. The summed E-state index contributed by atoms with van der Waals surface area (Å²) in [6.45, 7) is 5.90. The van der Waals surface area contributed by atoms with Gasteiger partial charge in [-0.3, -0.25) is 15.1 Å². The fourth-order valence-electron chi connectivity index (χ4n) is 3.35. The van der Waals surface area contributed by atoms with Gasteiger partial charge in [-0.15, -0.1) is 5.10 Å². The molecule has 0 atom stereocenters. The molecule has 0 radical (unpaired) electrons. The summed E-state index contributed by atoms with van der Waals surface area (Å²) < 4.78 is 8.75. The summed E-state index contributed by atoms with van der Waals surface area (Å²) in [4.78, 5) is 23.6. The monoisotopic (exact) mass is 476 g/mol. The second kappa shape index (κ2) is 8.67. The lowest BCUT2D eigenvalue weighted by molar-refractivity contribution is -0.386. The lowest BCUT2D eigenvalue weighted by Crippen LogP contribution is -2.08. The molecule has 13 heteroatoms. The highest BCUT2D eigenvalue weighted by Crippen LogP contribution is 2.32. The van der Waals surface area contributed by atoms with Crippen LogP contribution in [0.15, 0.2) is 18.3 Å². The van der Waals surface area contributed by atoms with E-state index in [-0.39, 0.29) is 28.6 Å². The van der Waals surface area contributed by atoms with Crippen LogP contribution in [0, 0.1) is 30.9 Å². The number of nitrogens with zero attached hydrogens (tertiary/aromatic N) is 8. The SMILES string of the molecule is Cc1ccc(-n2nc(OCCCn3nc(Cl)c4cnc(Cl)nc43)c([N+](=O)[O-])c2C)c(C)n1. The fraction of sp³-hybridized carbons (Fsp3) is 0.316. The number of pyridine rings is 1. The Morgan fingerprint density at radius 3 is 2.66 bits per heavy atom. The largest absolute Gasteiger partial charge is 0.472 e. The minimum absolute atomic E-state index is 0.0544. The van der Waals surface area contributed by atoms with Crippen LogP contribution in [0.2, 0.25) is 10.4 Å². The molecule has 0 fully saturated rings. The first kappa shape index (κ1) is 21.9. The van der Waals surface area contributed by atoms with Crippen molar-refractivity contribution in [3.63, 3.8) is 0 Å². The summed E-state index contributed by atoms with van der Waals surface area (Å²) in [5.74, 6) is -0.0544. The van der Waals surface area contributed by atoms with Crippen molar-refractivity contribution in [2.24, 2.45) is 0 Å². The second-order valence-corrected chi connectivity index (χ2v) is 7.75. The average molecular weight is 477 g/mol. The van der Waals surface area contributed by atoms with Gasteiger partial charge in [0.15, 0.2) is 10.8 Å². The zero-order valence-electron chi connectivity index (χ0n) is 17.4. The van der Waals surface area contributed by atoms with Crippen LogP contribution in [0.1, 0.15) is 23.5 Å². The van der Waals surface area contributed by atoms with Crippen molar-refractivity contribution in [1.29, 1.82) is 0 Å². The van der Waals surface area contributed by atoms with Gasteiger partial charge in [0, 0.05) is 24.9 Å². The maximum Gasteiger partial charge on any atom is 0.353 e. The van der Waals surface area contributed by atoms with Crippen LogP contribution in [0.5, 0.6) is 5.88 Å². The molecule has 32 heavy (non-hydrogen) atoms. The Balaban J connectivity index is 1.52. The second-order valence-electron chi connectivity index (χ2n) is 7.06. The summed E-state index contributed by atoms with van der Waals surface area (Å²) in [5, 5.41) is 21.2. The first-order chi connectivity index (χ1) is 15.3. The van der Waals surface area contributed by atoms with E-state index in [1.165, 1.54) is 10.9 Å². The molecule has 0 saturated heterocycles. The molecule has 4 heterocycles. The lowest BCUT2D eigenvalue weighted by Gasteiger charge is -2.07. The van der Waals surface area contributed by atoms with Crippen LogP contribution in [0.4, 0.5) is 5.69 Å². The van der Waals surface area contributed by atoms with E-state index in [1.807, 2.05) is 26.0 Å². The predicted molar refractivity (Wildman–Crippen MR) is 118 cm³/mol. The van der Waals surface area contributed by atoms with Crippen molar-refractivity contribution >= 4 is 39.9 Å². The molecule has 0 spiro atoms. The van der Waals surface area contributed by atoms with Crippen molar-refractivity contribution in [1.82, 2.24) is 34.5 Å². The molecular formula is C19H18Cl2N8O3. The van der Waals surface area contributed by atoms with Crippen molar-refractivity contribution < 1.29 is 9.66 Å². The molecular weight excluding hydrogens is 459 g/mol. The molecule has 0 unspecified atom stereocenters. The Bertz CT molecular complexity index is 1330. The highest BCUT2D eigenvalue weighted by atomic mass is 35.5. The van der Waals surface area contributed by atoms with E-state index in [0.717, 1.165) is 5.69 Å². The van der Waals surface area contributed by atoms with E-state index in [1.54, 1.807) is 11.6 Å². The summed E-state index contributed by atoms with van der Waals surface area (Å²) in [6, 6.07) is 3.65. The molecule has 0 saturated carbocycles. The summed E-state index contributed by atoms with van der Waals surface area (Å²) in [7, 11) is 0. The quantitative estimate of drug-likeness (QED) is 0.169. The highest BCUT2D eigenvalue weighted by Gasteiger charge is 2.28. The van der Waals surface area contributed by atoms with E-state index in [2.05, 4.69) is 25.1 Å². The summed E-state index contributed by atoms with van der Waals surface area (Å²) in [5.41, 5.74) is 2.88. The standard InChI is InChI=1S/C19H18Cl2N8O3/c1-10-5-6-14(11(2)23-10)28-12(3)15(29(30)31)18(26-28)32-8-4-7-27-17-13(16(20)25-27)9-22-19(21)24-17/h5-6,9H,4,7-8H2,1-3H3. The van der Waals surface area contributed by atoms with Gasteiger partial charge in [-0.25, -0.2) is 14.3 Å². The molecule has 0 amide bonds. The molecule has 0 aliphatic carbocycles. The van der Waals surface area contributed by atoms with Crippen LogP contribution in [-0.2, 0) is 6.54 Å². The van der Waals surface area contributed by atoms with E-state index in [4.69, 9.17) is 27.9 Å². The van der Waals surface area contributed by atoms with Gasteiger partial charge in [0.25, 0.3) is 0 Å². The number of nitro groups is 1. The van der Waals surface area contributed by atoms with Gasteiger partial charge in [0.1, 0.15) is 5.69 Å². The van der Waals surface area contributed by atoms with Gasteiger partial charge in [-0.1, -0.05) is 11.6 Å². The first-order valence-electron chi connectivity index (χ1n) is 9.62. The number of fused-ring (bicyclic) bond motifs is 1. The molecule has 0 aliphatic rings. The minimum Gasteiger partial charge on any atom is -0.472 e. The molecule has 0 bridgehead atoms. The normalized spacial score (nSPS) is 11.3. The fourth-order valence-corrected chi connectivity index (χ4v) is 3.71. The van der Waals surface area contributed by atoms with Crippen LogP contribution >= 0.6 is 23.2 Å². The van der Waals surface area contributed by atoms with E-state index >= 15 is 0 Å². The van der Waals surface area contributed by atoms with Crippen molar-refractivity contribution in [3.8, 4) is 11.6 Å². The van der Waals surface area contributed by atoms with Crippen LogP contribution < -0.4 is 4.74 Å². The van der Waals surface area contributed by atoms with Gasteiger partial charge in [0.2, 0.25) is 5.28 Å². The summed E-state index contributed by atoms with van der Waals surface area (Å²) in [6.07, 6.45) is 1.98. The van der Waals surface area contributed by atoms with Crippen molar-refractivity contribution in [3.05, 3.63) is 56.0 Å². The third-order valence-corrected chi connectivity index (χ3v) is 5.29. The molecule has 0 N–H and O–H groups in total. The molecule has 4 rings (SSSR count). The third-order valence-electron chi connectivity index (χ3n) is 4.83. The minimum atomic E-state index is -0.495. The Hall–Kier alpha value is -3.31. The summed E-state index contributed by atoms with van der Waals surface area (Å²) >= 11 is 12.0. The molecule has 4 aromatic rings. The Morgan fingerprint density at radius 2 is 1.94 bits per heavy atom. The number of halogens is 2. The third kappa shape index (κ3) is 4.08. The Kier molecular flexibility index (Phi) is 5.94. The zero-order chi connectivity index (χ0) is 23.0. The topological polar surface area (TPSA) is 127 Å².